The molecule has 2 N–H and O–H groups in total. The number of nitrogens with two attached hydrogens (primary N) is 1. The summed E-state index contributed by atoms with van der Waals surface area (Å²) in [5.74, 6) is -0.179. The van der Waals surface area contributed by atoms with Crippen molar-refractivity contribution in [2.75, 3.05) is 7.11 Å². The minimum absolute atomic E-state index is 0.106. The number of hydrogen-bond donors (Lipinski definition) is 1. The first-order chi connectivity index (χ1) is 7.27. The van der Waals surface area contributed by atoms with Crippen LogP contribution in [0.4, 0.5) is 8.78 Å². The molecular weight excluding hydrogens is 242 g/mol. The van der Waals surface area contributed by atoms with Gasteiger partial charge < -0.3 is 4.74 Å². The Labute approximate surface area is 91.3 Å². The van der Waals surface area contributed by atoms with Gasteiger partial charge in [-0.1, -0.05) is 0 Å². The molecule has 0 aliphatic rings. The van der Waals surface area contributed by atoms with Gasteiger partial charge in [0.2, 0.25) is 15.9 Å². The van der Waals surface area contributed by atoms with Gasteiger partial charge in [-0.25, -0.2) is 27.3 Å². The molecule has 0 saturated carbocycles. The van der Waals surface area contributed by atoms with E-state index in [0.29, 0.717) is 0 Å². The van der Waals surface area contributed by atoms with Crippen LogP contribution in [0, 0.1) is 6.92 Å². The van der Waals surface area contributed by atoms with Crippen LogP contribution in [0.15, 0.2) is 11.0 Å². The van der Waals surface area contributed by atoms with Gasteiger partial charge in [-0.3, -0.25) is 0 Å². The van der Waals surface area contributed by atoms with Gasteiger partial charge in [0.1, 0.15) is 5.69 Å². The first-order valence-corrected chi connectivity index (χ1v) is 5.68. The topological polar surface area (TPSA) is 82.3 Å². The van der Waals surface area contributed by atoms with E-state index in [4.69, 9.17) is 9.88 Å². The number of ether oxygens (including phenoxy) is 1. The van der Waals surface area contributed by atoms with E-state index in [1.165, 1.54) is 14.0 Å². The van der Waals surface area contributed by atoms with Gasteiger partial charge in [0.05, 0.1) is 12.0 Å². The highest BCUT2D eigenvalue weighted by molar-refractivity contribution is 7.89. The van der Waals surface area contributed by atoms with Crippen molar-refractivity contribution in [3.05, 3.63) is 17.3 Å². The van der Waals surface area contributed by atoms with Crippen molar-refractivity contribution in [1.82, 2.24) is 4.98 Å². The maximum atomic E-state index is 12.4. The molecule has 0 aromatic carbocycles. The molecule has 16 heavy (non-hydrogen) atoms. The molecule has 0 aliphatic carbocycles. The number of aromatic nitrogens is 1. The van der Waals surface area contributed by atoms with Crippen molar-refractivity contribution in [3.63, 3.8) is 0 Å². The van der Waals surface area contributed by atoms with E-state index >= 15 is 0 Å². The molecule has 1 aromatic heterocycles. The summed E-state index contributed by atoms with van der Waals surface area (Å²) >= 11 is 0. The standard InChI is InChI=1S/C8H10F2N2O3S/c1-4-6(16(11,13)14)3-5(7(9)10)12-8(4)15-2/h3,7H,1-2H3,(H2,11,13,14). The SMILES string of the molecule is COc1nc(C(F)F)cc(S(N)(=O)=O)c1C. The Bertz CT molecular complexity index is 502. The number of methoxy groups -OCH3 is 1. The number of primary sulfonamides is 1. The van der Waals surface area contributed by atoms with E-state index in [0.717, 1.165) is 6.07 Å². The Balaban J connectivity index is 3.55. The van der Waals surface area contributed by atoms with E-state index in [1.807, 2.05) is 0 Å². The molecule has 90 valence electrons. The summed E-state index contributed by atoms with van der Waals surface area (Å²) in [5, 5.41) is 4.89. The zero-order valence-electron chi connectivity index (χ0n) is 8.57. The molecular formula is C8H10F2N2O3S. The Morgan fingerprint density at radius 3 is 2.44 bits per heavy atom. The molecule has 0 bridgehead atoms. The highest BCUT2D eigenvalue weighted by Gasteiger charge is 2.21. The van der Waals surface area contributed by atoms with E-state index in [-0.39, 0.29) is 11.4 Å². The van der Waals surface area contributed by atoms with Crippen LogP contribution in [-0.4, -0.2) is 20.5 Å². The summed E-state index contributed by atoms with van der Waals surface area (Å²) in [7, 11) is -2.87. The third-order valence-electron chi connectivity index (χ3n) is 1.92. The van der Waals surface area contributed by atoms with Crippen molar-refractivity contribution in [3.8, 4) is 5.88 Å². The Kier molecular flexibility index (Phi) is 3.44. The van der Waals surface area contributed by atoms with E-state index < -0.39 is 27.0 Å². The normalized spacial score (nSPS) is 11.9. The molecule has 0 fully saturated rings. The van der Waals surface area contributed by atoms with Gasteiger partial charge in [0, 0.05) is 5.56 Å². The lowest BCUT2D eigenvalue weighted by atomic mass is 10.2. The second-order valence-corrected chi connectivity index (χ2v) is 4.56. The lowest BCUT2D eigenvalue weighted by Gasteiger charge is -2.10. The number of rotatable bonds is 3. The Hall–Kier alpha value is -1.28. The molecule has 8 heteroatoms. The molecule has 1 heterocycles. The molecule has 0 atom stereocenters. The largest absolute Gasteiger partial charge is 0.481 e. The van der Waals surface area contributed by atoms with Crippen LogP contribution in [-0.2, 0) is 10.0 Å². The number of nitrogens with zero attached hydrogens (tertiary/aromatic N) is 1. The molecule has 0 spiro atoms. The second kappa shape index (κ2) is 4.30. The van der Waals surface area contributed by atoms with Crippen LogP contribution in [0.2, 0.25) is 0 Å². The fourth-order valence-corrected chi connectivity index (χ4v) is 1.99. The monoisotopic (exact) mass is 252 g/mol. The van der Waals surface area contributed by atoms with Gasteiger partial charge in [-0.15, -0.1) is 0 Å². The maximum absolute atomic E-state index is 12.4. The van der Waals surface area contributed by atoms with Gasteiger partial charge in [-0.2, -0.15) is 0 Å². The molecule has 1 aromatic rings. The van der Waals surface area contributed by atoms with Crippen molar-refractivity contribution < 1.29 is 21.9 Å². The summed E-state index contributed by atoms with van der Waals surface area (Å²) in [6.45, 7) is 1.38. The van der Waals surface area contributed by atoms with Gasteiger partial charge in [0.25, 0.3) is 6.43 Å². The highest BCUT2D eigenvalue weighted by atomic mass is 32.2. The summed E-state index contributed by atoms with van der Waals surface area (Å²) in [6, 6.07) is 0.748. The number of hydrogen-bond acceptors (Lipinski definition) is 4. The van der Waals surface area contributed by atoms with Crippen LogP contribution in [0.1, 0.15) is 17.7 Å². The summed E-state index contributed by atoms with van der Waals surface area (Å²) in [6.07, 6.45) is -2.89. The fourth-order valence-electron chi connectivity index (χ4n) is 1.19. The van der Waals surface area contributed by atoms with Gasteiger partial charge in [-0.05, 0) is 13.0 Å². The van der Waals surface area contributed by atoms with Crippen molar-refractivity contribution in [2.45, 2.75) is 18.2 Å². The fraction of sp³-hybridized carbons (Fsp3) is 0.375. The highest BCUT2D eigenvalue weighted by Crippen LogP contribution is 2.27. The number of alkyl halides is 2. The molecule has 5 nitrogen and oxygen atoms in total. The molecule has 0 saturated heterocycles. The predicted octanol–water partition coefficient (Wildman–Crippen LogP) is 0.984. The lowest BCUT2D eigenvalue weighted by molar-refractivity contribution is 0.144. The third-order valence-corrected chi connectivity index (χ3v) is 2.96. The van der Waals surface area contributed by atoms with Crippen molar-refractivity contribution >= 4 is 10.0 Å². The van der Waals surface area contributed by atoms with E-state index in [9.17, 15) is 17.2 Å². The quantitative estimate of drug-likeness (QED) is 0.869. The predicted molar refractivity (Wildman–Crippen MR) is 51.9 cm³/mol. The number of pyridine rings is 1. The first kappa shape index (κ1) is 12.8. The summed E-state index contributed by atoms with van der Waals surface area (Å²) < 4.78 is 51.9. The molecule has 1 rings (SSSR count). The Morgan fingerprint density at radius 1 is 1.50 bits per heavy atom. The second-order valence-electron chi connectivity index (χ2n) is 3.03. The zero-order valence-corrected chi connectivity index (χ0v) is 9.38. The van der Waals surface area contributed by atoms with Crippen molar-refractivity contribution in [2.24, 2.45) is 5.14 Å². The van der Waals surface area contributed by atoms with Crippen molar-refractivity contribution in [1.29, 1.82) is 0 Å². The molecule has 0 radical (unpaired) electrons. The minimum Gasteiger partial charge on any atom is -0.481 e. The number of sulfonamides is 1. The molecule has 0 amide bonds. The molecule has 0 aliphatic heterocycles. The van der Waals surface area contributed by atoms with Crippen LogP contribution < -0.4 is 9.88 Å². The maximum Gasteiger partial charge on any atom is 0.280 e. The van der Waals surface area contributed by atoms with Gasteiger partial charge in [0.15, 0.2) is 0 Å². The average molecular weight is 252 g/mol. The number of halogens is 2. The van der Waals surface area contributed by atoms with Gasteiger partial charge >= 0.3 is 0 Å². The zero-order chi connectivity index (χ0) is 12.5. The van der Waals surface area contributed by atoms with Crippen LogP contribution in [0.25, 0.3) is 0 Å². The van der Waals surface area contributed by atoms with Crippen LogP contribution in [0.3, 0.4) is 0 Å². The summed E-state index contributed by atoms with van der Waals surface area (Å²) in [5.41, 5.74) is -0.583. The Morgan fingerprint density at radius 2 is 2.06 bits per heavy atom. The lowest BCUT2D eigenvalue weighted by Crippen LogP contribution is -2.15. The van der Waals surface area contributed by atoms with E-state index in [1.54, 1.807) is 0 Å². The average Bonchev–Trinajstić information content (AvgIpc) is 2.15. The van der Waals surface area contributed by atoms with Crippen LogP contribution in [0.5, 0.6) is 5.88 Å². The molecule has 0 unspecified atom stereocenters. The minimum atomic E-state index is -4.08. The third kappa shape index (κ3) is 2.45. The first-order valence-electron chi connectivity index (χ1n) is 4.14. The summed E-state index contributed by atoms with van der Waals surface area (Å²) in [4.78, 5) is 3.06. The smallest absolute Gasteiger partial charge is 0.280 e. The van der Waals surface area contributed by atoms with E-state index in [2.05, 4.69) is 4.98 Å². The van der Waals surface area contributed by atoms with Crippen LogP contribution >= 0.6 is 0 Å².